The van der Waals surface area contributed by atoms with Crippen LogP contribution in [0.15, 0.2) is 48.8 Å². The fraction of sp³-hybridized carbons (Fsp3) is 0.417. The van der Waals surface area contributed by atoms with Crippen LogP contribution in [0.3, 0.4) is 0 Å². The topological polar surface area (TPSA) is 107 Å². The highest BCUT2D eigenvalue weighted by Gasteiger charge is 2.29. The second-order valence-corrected chi connectivity index (χ2v) is 9.58. The van der Waals surface area contributed by atoms with Crippen LogP contribution >= 0.6 is 11.5 Å². The van der Waals surface area contributed by atoms with E-state index in [0.29, 0.717) is 56.1 Å². The Morgan fingerprint density at radius 2 is 1.63 bits per heavy atom. The van der Waals surface area contributed by atoms with E-state index in [1.54, 1.807) is 23.4 Å². The first-order valence-corrected chi connectivity index (χ1v) is 12.7. The minimum atomic E-state index is -0.218. The molecule has 0 spiro atoms. The largest absolute Gasteiger partial charge is 0.337 e. The lowest BCUT2D eigenvalue weighted by molar-refractivity contribution is 0.0741. The molecule has 2 fully saturated rings. The third-order valence-corrected chi connectivity index (χ3v) is 7.22. The summed E-state index contributed by atoms with van der Waals surface area (Å²) in [6.45, 7) is 3.71. The summed E-state index contributed by atoms with van der Waals surface area (Å²) >= 11 is 1.04. The molecular formula is C24H28N8O2S. The summed E-state index contributed by atoms with van der Waals surface area (Å²) in [6, 6.07) is 12.1. The molecule has 2 aliphatic rings. The molecule has 11 heteroatoms. The third kappa shape index (κ3) is 5.56. The summed E-state index contributed by atoms with van der Waals surface area (Å²) in [6.07, 6.45) is 6.38. The van der Waals surface area contributed by atoms with Crippen LogP contribution in [0.1, 0.15) is 28.9 Å². The fourth-order valence-electron chi connectivity index (χ4n) is 4.59. The number of anilines is 2. The number of hydrogen-bond donors (Lipinski definition) is 1. The van der Waals surface area contributed by atoms with E-state index in [9.17, 15) is 9.59 Å². The molecule has 2 saturated heterocycles. The predicted molar refractivity (Wildman–Crippen MR) is 134 cm³/mol. The monoisotopic (exact) mass is 492 g/mol. The van der Waals surface area contributed by atoms with Crippen LogP contribution in [-0.4, -0.2) is 80.6 Å². The van der Waals surface area contributed by atoms with Gasteiger partial charge in [0, 0.05) is 63.2 Å². The zero-order valence-corrected chi connectivity index (χ0v) is 20.2. The smallest absolute Gasteiger partial charge is 0.322 e. The van der Waals surface area contributed by atoms with Crippen LogP contribution in [0.5, 0.6) is 0 Å². The molecule has 0 unspecified atom stereocenters. The quantitative estimate of drug-likeness (QED) is 0.584. The Balaban J connectivity index is 1.13. The number of piperazine rings is 1. The number of amides is 3. The van der Waals surface area contributed by atoms with Gasteiger partial charge >= 0.3 is 6.03 Å². The predicted octanol–water partition coefficient (Wildman–Crippen LogP) is 2.78. The number of benzene rings is 1. The van der Waals surface area contributed by atoms with Gasteiger partial charge < -0.3 is 14.7 Å². The van der Waals surface area contributed by atoms with Gasteiger partial charge in [0.2, 0.25) is 5.95 Å². The van der Waals surface area contributed by atoms with Crippen molar-refractivity contribution >= 4 is 34.4 Å². The Hall–Kier alpha value is -3.60. The Kier molecular flexibility index (Phi) is 7.12. The van der Waals surface area contributed by atoms with E-state index in [4.69, 9.17) is 0 Å². The molecule has 5 rings (SSSR count). The molecule has 10 nitrogen and oxygen atoms in total. The maximum Gasteiger partial charge on any atom is 0.322 e. The summed E-state index contributed by atoms with van der Waals surface area (Å²) in [5.74, 6) is 1.02. The first-order valence-electron chi connectivity index (χ1n) is 11.9. The van der Waals surface area contributed by atoms with Crippen molar-refractivity contribution in [2.75, 3.05) is 49.5 Å². The Morgan fingerprint density at radius 1 is 0.914 bits per heavy atom. The number of rotatable bonds is 5. The van der Waals surface area contributed by atoms with Gasteiger partial charge in [-0.25, -0.2) is 14.8 Å². The van der Waals surface area contributed by atoms with Crippen molar-refractivity contribution in [1.29, 1.82) is 0 Å². The van der Waals surface area contributed by atoms with Gasteiger partial charge in [-0.3, -0.25) is 10.1 Å². The molecule has 4 heterocycles. The van der Waals surface area contributed by atoms with Crippen LogP contribution in [-0.2, 0) is 6.42 Å². The number of aromatic nitrogens is 4. The maximum atomic E-state index is 13.1. The summed E-state index contributed by atoms with van der Waals surface area (Å²) in [4.78, 5) is 40.2. The zero-order chi connectivity index (χ0) is 24.0. The van der Waals surface area contributed by atoms with E-state index >= 15 is 0 Å². The molecule has 3 aromatic rings. The van der Waals surface area contributed by atoms with Crippen molar-refractivity contribution in [3.05, 3.63) is 60.0 Å². The van der Waals surface area contributed by atoms with E-state index < -0.39 is 0 Å². The number of carbonyl (C=O) groups excluding carboxylic acids is 2. The fourth-order valence-corrected chi connectivity index (χ4v) is 5.14. The lowest BCUT2D eigenvalue weighted by Crippen LogP contribution is -2.49. The third-order valence-electron chi connectivity index (χ3n) is 6.58. The molecule has 0 bridgehead atoms. The van der Waals surface area contributed by atoms with Crippen LogP contribution in [0.25, 0.3) is 0 Å². The van der Waals surface area contributed by atoms with E-state index in [2.05, 4.69) is 49.1 Å². The highest BCUT2D eigenvalue weighted by Crippen LogP contribution is 2.25. The van der Waals surface area contributed by atoms with Crippen LogP contribution < -0.4 is 10.2 Å². The van der Waals surface area contributed by atoms with Gasteiger partial charge in [0.05, 0.1) is 0 Å². The average molecular weight is 493 g/mol. The van der Waals surface area contributed by atoms with Gasteiger partial charge in [-0.1, -0.05) is 34.8 Å². The second kappa shape index (κ2) is 10.8. The summed E-state index contributed by atoms with van der Waals surface area (Å²) in [7, 11) is 0. The highest BCUT2D eigenvalue weighted by molar-refractivity contribution is 7.10. The van der Waals surface area contributed by atoms with E-state index in [0.717, 1.165) is 30.8 Å². The number of nitrogens with one attached hydrogen (secondary N) is 1. The molecule has 2 aliphatic heterocycles. The number of likely N-dealkylation sites (tertiary alicyclic amines) is 1. The van der Waals surface area contributed by atoms with Crippen molar-refractivity contribution in [3.63, 3.8) is 0 Å². The number of hydrogen-bond acceptors (Lipinski definition) is 8. The molecule has 0 atom stereocenters. The van der Waals surface area contributed by atoms with Gasteiger partial charge in [0.15, 0.2) is 10.7 Å². The molecule has 35 heavy (non-hydrogen) atoms. The first-order chi connectivity index (χ1) is 17.2. The molecule has 0 saturated carbocycles. The molecule has 0 radical (unpaired) electrons. The van der Waals surface area contributed by atoms with Crippen LogP contribution in [0.2, 0.25) is 0 Å². The minimum Gasteiger partial charge on any atom is -0.337 e. The number of piperidine rings is 1. The second-order valence-electron chi connectivity index (χ2n) is 8.83. The summed E-state index contributed by atoms with van der Waals surface area (Å²) in [5, 5.41) is 7.32. The van der Waals surface area contributed by atoms with Crippen molar-refractivity contribution in [2.24, 2.45) is 5.92 Å². The number of urea groups is 1. The van der Waals surface area contributed by atoms with Crippen molar-refractivity contribution in [2.45, 2.75) is 19.3 Å². The lowest BCUT2D eigenvalue weighted by atomic mass is 9.90. The Bertz CT molecular complexity index is 1130. The van der Waals surface area contributed by atoms with Crippen LogP contribution in [0.4, 0.5) is 15.7 Å². The molecule has 0 aliphatic carbocycles. The van der Waals surface area contributed by atoms with Gasteiger partial charge in [-0.15, -0.1) is 5.10 Å². The summed E-state index contributed by atoms with van der Waals surface area (Å²) < 4.78 is 3.94. The molecule has 2 aromatic heterocycles. The SMILES string of the molecule is O=C(Nc1snnc1C(=O)N1CCN(c2ncccn2)CC1)N1CCC(Cc2ccccc2)CC1. The maximum absolute atomic E-state index is 13.1. The zero-order valence-electron chi connectivity index (χ0n) is 19.4. The normalized spacial score (nSPS) is 16.9. The number of nitrogens with zero attached hydrogens (tertiary/aromatic N) is 7. The molecule has 1 aromatic carbocycles. The molecule has 3 amide bonds. The average Bonchev–Trinajstić information content (AvgIpc) is 3.38. The minimum absolute atomic E-state index is 0.200. The number of carbonyl (C=O) groups is 2. The molecule has 1 N–H and O–H groups in total. The molecular weight excluding hydrogens is 464 g/mol. The lowest BCUT2D eigenvalue weighted by Gasteiger charge is -2.34. The van der Waals surface area contributed by atoms with Gasteiger partial charge in [0.25, 0.3) is 5.91 Å². The first kappa shape index (κ1) is 23.2. The van der Waals surface area contributed by atoms with Gasteiger partial charge in [0.1, 0.15) is 0 Å². The van der Waals surface area contributed by atoms with E-state index in [-0.39, 0.29) is 17.6 Å². The molecule has 182 valence electrons. The Labute approximate surface area is 208 Å². The van der Waals surface area contributed by atoms with Crippen molar-refractivity contribution in [3.8, 4) is 0 Å². The Morgan fingerprint density at radius 3 is 2.34 bits per heavy atom. The van der Waals surface area contributed by atoms with Crippen LogP contribution in [0, 0.1) is 5.92 Å². The van der Waals surface area contributed by atoms with Gasteiger partial charge in [-0.05, 0) is 36.8 Å². The summed E-state index contributed by atoms with van der Waals surface area (Å²) in [5.41, 5.74) is 1.54. The van der Waals surface area contributed by atoms with Crippen molar-refractivity contribution < 1.29 is 9.59 Å². The van der Waals surface area contributed by atoms with E-state index in [1.165, 1.54) is 5.56 Å². The van der Waals surface area contributed by atoms with Gasteiger partial charge in [-0.2, -0.15) is 0 Å². The highest BCUT2D eigenvalue weighted by atomic mass is 32.1. The standard InChI is InChI=1S/C24H28N8O2S/c33-22(30-13-15-31(16-14-30)23-25-9-4-10-26-23)20-21(35-29-28-20)27-24(34)32-11-7-19(8-12-32)17-18-5-2-1-3-6-18/h1-6,9-10,19H,7-8,11-17H2,(H,27,34). The van der Waals surface area contributed by atoms with E-state index in [1.807, 2.05) is 15.9 Å². The van der Waals surface area contributed by atoms with Crippen molar-refractivity contribution in [1.82, 2.24) is 29.4 Å².